The summed E-state index contributed by atoms with van der Waals surface area (Å²) in [6.07, 6.45) is 3.35. The number of nitrogens with zero attached hydrogens (tertiary/aromatic N) is 5. The summed E-state index contributed by atoms with van der Waals surface area (Å²) in [6, 6.07) is 19.0. The Labute approximate surface area is 296 Å². The second-order valence-electron chi connectivity index (χ2n) is 13.1. The van der Waals surface area contributed by atoms with Gasteiger partial charge in [0, 0.05) is 36.8 Å². The number of aromatic amines is 1. The molecule has 3 amide bonds. The highest BCUT2D eigenvalue weighted by Crippen LogP contribution is 2.47. The first-order valence-electron chi connectivity index (χ1n) is 17.5. The van der Waals surface area contributed by atoms with E-state index in [1.807, 2.05) is 38.1 Å². The molecule has 0 radical (unpaired) electrons. The molecule has 6 rings (SSSR count). The van der Waals surface area contributed by atoms with E-state index >= 15 is 0 Å². The van der Waals surface area contributed by atoms with Crippen molar-refractivity contribution in [3.8, 4) is 6.07 Å². The van der Waals surface area contributed by atoms with Crippen LogP contribution in [0.2, 0.25) is 0 Å². The van der Waals surface area contributed by atoms with Gasteiger partial charge in [-0.25, -0.2) is 9.49 Å². The van der Waals surface area contributed by atoms with Gasteiger partial charge in [-0.15, -0.1) is 5.10 Å². The van der Waals surface area contributed by atoms with Gasteiger partial charge in [-0.3, -0.25) is 14.4 Å². The highest BCUT2D eigenvalue weighted by atomic mass is 19.1. The van der Waals surface area contributed by atoms with E-state index in [2.05, 4.69) is 42.6 Å². The van der Waals surface area contributed by atoms with Crippen LogP contribution in [0.3, 0.4) is 0 Å². The lowest BCUT2D eigenvalue weighted by molar-refractivity contribution is -0.130. The molecular weight excluding hydrogens is 649 g/mol. The van der Waals surface area contributed by atoms with E-state index in [-0.39, 0.29) is 30.1 Å². The third-order valence-electron chi connectivity index (χ3n) is 9.95. The molecule has 51 heavy (non-hydrogen) atoms. The van der Waals surface area contributed by atoms with Crippen molar-refractivity contribution in [1.29, 1.82) is 5.26 Å². The number of aryl methyl sites for hydroxylation is 2. The lowest BCUT2D eigenvalue weighted by Gasteiger charge is -2.38. The van der Waals surface area contributed by atoms with Crippen LogP contribution in [0, 0.1) is 17.1 Å². The number of nitriles is 1. The lowest BCUT2D eigenvalue weighted by atomic mass is 9.67. The molecule has 0 bridgehead atoms. The van der Waals surface area contributed by atoms with E-state index in [1.165, 1.54) is 12.1 Å². The Hall–Kier alpha value is -5.48. The third-order valence-corrected chi connectivity index (χ3v) is 9.95. The van der Waals surface area contributed by atoms with Gasteiger partial charge in [-0.05, 0) is 127 Å². The minimum absolute atomic E-state index is 0.0132. The van der Waals surface area contributed by atoms with E-state index in [4.69, 9.17) is 0 Å². The highest BCUT2D eigenvalue weighted by molar-refractivity contribution is 5.95. The number of hydrogen-bond donors (Lipinski definition) is 4. The van der Waals surface area contributed by atoms with Crippen molar-refractivity contribution < 1.29 is 18.8 Å². The fraction of sp³-hybridized carbons (Fsp3) is 0.395. The molecular formula is C38H42FN9O3. The van der Waals surface area contributed by atoms with Crippen LogP contribution in [0.4, 0.5) is 4.39 Å². The van der Waals surface area contributed by atoms with Crippen LogP contribution in [-0.4, -0.2) is 81.5 Å². The Kier molecular flexibility index (Phi) is 10.8. The monoisotopic (exact) mass is 691 g/mol. The zero-order chi connectivity index (χ0) is 36.0. The van der Waals surface area contributed by atoms with Crippen LogP contribution >= 0.6 is 0 Å². The maximum absolute atomic E-state index is 14.0. The average Bonchev–Trinajstić information content (AvgIpc) is 3.84. The number of hydrogen-bond acceptors (Lipinski definition) is 8. The van der Waals surface area contributed by atoms with Crippen molar-refractivity contribution in [2.45, 2.75) is 69.9 Å². The smallest absolute Gasteiger partial charge is 0.251 e. The number of rotatable bonds is 12. The van der Waals surface area contributed by atoms with E-state index in [0.717, 1.165) is 34.2 Å². The molecule has 1 aliphatic heterocycles. The normalized spacial score (nSPS) is 16.7. The second kappa shape index (κ2) is 15.6. The second-order valence-corrected chi connectivity index (χ2v) is 13.1. The van der Waals surface area contributed by atoms with Gasteiger partial charge in [-0.1, -0.05) is 24.3 Å². The Bertz CT molecular complexity index is 1850. The third kappa shape index (κ3) is 7.37. The number of nitrogens with one attached hydrogen (secondary N) is 4. The van der Waals surface area contributed by atoms with Gasteiger partial charge in [0.25, 0.3) is 11.8 Å². The number of tetrazole rings is 1. The predicted octanol–water partition coefficient (Wildman–Crippen LogP) is 3.38. The summed E-state index contributed by atoms with van der Waals surface area (Å²) < 4.78 is 14.0. The summed E-state index contributed by atoms with van der Waals surface area (Å²) in [5, 5.41) is 34.5. The first kappa shape index (κ1) is 35.3. The number of aromatic nitrogens is 4. The van der Waals surface area contributed by atoms with Crippen LogP contribution in [0.15, 0.2) is 60.7 Å². The summed E-state index contributed by atoms with van der Waals surface area (Å²) in [6.45, 7) is 5.22. The van der Waals surface area contributed by atoms with E-state index in [9.17, 15) is 24.0 Å². The molecule has 2 atom stereocenters. The molecule has 1 fully saturated rings. The van der Waals surface area contributed by atoms with Crippen molar-refractivity contribution in [1.82, 2.24) is 41.5 Å². The Morgan fingerprint density at radius 2 is 1.61 bits per heavy atom. The van der Waals surface area contributed by atoms with Gasteiger partial charge in [0.15, 0.2) is 5.82 Å². The first-order chi connectivity index (χ1) is 24.8. The highest BCUT2D eigenvalue weighted by Gasteiger charge is 2.46. The molecule has 1 aromatic heterocycles. The zero-order valence-electron chi connectivity index (χ0n) is 28.8. The summed E-state index contributed by atoms with van der Waals surface area (Å²) in [5.74, 6) is -0.418. The SMILES string of the molecule is CCNC(=O)c1ccc2c(c1)CCc1cc(C(=O)NCC)ccc1C2(C[C@H](Cc1ccc(F)cc1)NCC(=O)N1CCCC1C#N)c1nnn[nH]1. The van der Waals surface area contributed by atoms with Gasteiger partial charge in [0.05, 0.1) is 18.0 Å². The minimum Gasteiger partial charge on any atom is -0.352 e. The molecule has 1 aliphatic carbocycles. The molecule has 12 nitrogen and oxygen atoms in total. The zero-order valence-corrected chi connectivity index (χ0v) is 28.8. The molecule has 2 heterocycles. The molecule has 1 unspecified atom stereocenters. The molecule has 0 saturated carbocycles. The van der Waals surface area contributed by atoms with Crippen LogP contribution in [0.5, 0.6) is 0 Å². The van der Waals surface area contributed by atoms with E-state index in [0.29, 0.717) is 68.7 Å². The standard InChI is InChI=1S/C38H42FN9O3/c1-3-41-35(50)27-11-15-32-25(19-27)9-10-26-20-28(36(51)42-4-2)12-16-33(26)38(32,37-44-46-47-45-37)21-30(18-24-7-13-29(39)14-8-24)43-23-34(49)48-17-5-6-31(48)22-40/h7-8,11-16,19-20,30-31,43H,3-6,9-10,17-18,21,23H2,1-2H3,(H,41,50)(H,42,51)(H,44,45,46,47)/t30-,31?/m0/s1. The van der Waals surface area contributed by atoms with Crippen molar-refractivity contribution >= 4 is 17.7 Å². The van der Waals surface area contributed by atoms with Crippen LogP contribution in [0.1, 0.15) is 87.5 Å². The van der Waals surface area contributed by atoms with Gasteiger partial charge in [-0.2, -0.15) is 5.26 Å². The van der Waals surface area contributed by atoms with Crippen molar-refractivity contribution in [2.24, 2.45) is 0 Å². The Morgan fingerprint density at radius 3 is 2.16 bits per heavy atom. The molecule has 4 aromatic rings. The summed E-state index contributed by atoms with van der Waals surface area (Å²) in [4.78, 5) is 41.2. The maximum Gasteiger partial charge on any atom is 0.251 e. The van der Waals surface area contributed by atoms with Gasteiger partial charge in [0.2, 0.25) is 5.91 Å². The van der Waals surface area contributed by atoms with Crippen molar-refractivity contribution in [3.63, 3.8) is 0 Å². The van der Waals surface area contributed by atoms with Gasteiger partial charge < -0.3 is 20.9 Å². The number of carbonyl (C=O) groups is 3. The number of carbonyl (C=O) groups excluding carboxylic acids is 3. The summed E-state index contributed by atoms with van der Waals surface area (Å²) in [7, 11) is 0. The maximum atomic E-state index is 14.0. The van der Waals surface area contributed by atoms with E-state index in [1.54, 1.807) is 29.2 Å². The van der Waals surface area contributed by atoms with Gasteiger partial charge >= 0.3 is 0 Å². The van der Waals surface area contributed by atoms with Crippen LogP contribution in [0.25, 0.3) is 0 Å². The average molecular weight is 692 g/mol. The topological polar surface area (TPSA) is 169 Å². The largest absolute Gasteiger partial charge is 0.352 e. The minimum atomic E-state index is -1.03. The summed E-state index contributed by atoms with van der Waals surface area (Å²) in [5.41, 5.74) is 4.51. The molecule has 3 aromatic carbocycles. The first-order valence-corrected chi connectivity index (χ1v) is 17.5. The molecule has 1 saturated heterocycles. The molecule has 2 aliphatic rings. The predicted molar refractivity (Wildman–Crippen MR) is 187 cm³/mol. The lowest BCUT2D eigenvalue weighted by Crippen LogP contribution is -2.47. The number of likely N-dealkylation sites (tertiary alicyclic amines) is 1. The fourth-order valence-electron chi connectivity index (χ4n) is 7.59. The quantitative estimate of drug-likeness (QED) is 0.175. The number of fused-ring (bicyclic) bond motifs is 2. The number of halogens is 1. The Morgan fingerprint density at radius 1 is 0.980 bits per heavy atom. The fourth-order valence-corrected chi connectivity index (χ4v) is 7.59. The molecule has 264 valence electrons. The number of amides is 3. The van der Waals surface area contributed by atoms with Gasteiger partial charge in [0.1, 0.15) is 11.9 Å². The molecule has 0 spiro atoms. The molecule has 13 heteroatoms. The van der Waals surface area contributed by atoms with Crippen molar-refractivity contribution in [2.75, 3.05) is 26.2 Å². The number of benzene rings is 3. The number of H-pyrrole nitrogens is 1. The summed E-state index contributed by atoms with van der Waals surface area (Å²) >= 11 is 0. The Balaban J connectivity index is 1.50. The van der Waals surface area contributed by atoms with Crippen LogP contribution < -0.4 is 16.0 Å². The van der Waals surface area contributed by atoms with E-state index < -0.39 is 17.5 Å². The van der Waals surface area contributed by atoms with Crippen molar-refractivity contribution in [3.05, 3.63) is 111 Å². The van der Waals surface area contributed by atoms with Crippen LogP contribution in [-0.2, 0) is 29.5 Å². The molecule has 4 N–H and O–H groups in total.